The Labute approximate surface area is 333 Å². The minimum atomic E-state index is -1.30. The van der Waals surface area contributed by atoms with E-state index in [1.807, 2.05) is 0 Å². The van der Waals surface area contributed by atoms with Crippen LogP contribution in [0.4, 0.5) is 0 Å². The Bertz CT molecular complexity index is 1610. The van der Waals surface area contributed by atoms with E-state index in [1.165, 1.54) is 89.2 Å². The van der Waals surface area contributed by atoms with Crippen LogP contribution in [0.5, 0.6) is 11.5 Å². The molecule has 5 unspecified atom stereocenters. The van der Waals surface area contributed by atoms with Crippen molar-refractivity contribution in [3.63, 3.8) is 0 Å². The SMILES string of the molecule is CC(C)CCCC(C)C1CCC2[C@@H]3CCC4C[C@@H](CCCC(c5cc(Cl)c(O)c(C(=O)O)c5)c5cc(Cl)c(O)c(C(=O)O)c5)CC[C@]4(C)C3CC[C@]12C.N. The van der Waals surface area contributed by atoms with Gasteiger partial charge in [0.05, 0.1) is 10.0 Å². The van der Waals surface area contributed by atoms with Crippen LogP contribution < -0.4 is 6.15 Å². The van der Waals surface area contributed by atoms with Gasteiger partial charge in [0.2, 0.25) is 0 Å². The molecule has 6 rings (SSSR count). The van der Waals surface area contributed by atoms with E-state index in [4.69, 9.17) is 23.2 Å². The van der Waals surface area contributed by atoms with Gasteiger partial charge in [0.1, 0.15) is 22.6 Å². The third-order valence-electron chi connectivity index (χ3n) is 15.5. The Balaban J connectivity index is 0.00000561. The number of fused-ring (bicyclic) bond motifs is 5. The first-order valence-corrected chi connectivity index (χ1v) is 21.3. The number of hydrogen-bond acceptors (Lipinski definition) is 5. The van der Waals surface area contributed by atoms with E-state index in [0.29, 0.717) is 34.3 Å². The zero-order chi connectivity index (χ0) is 38.4. The van der Waals surface area contributed by atoms with Crippen molar-refractivity contribution in [2.75, 3.05) is 0 Å². The molecule has 2 aromatic carbocycles. The zero-order valence-corrected chi connectivity index (χ0v) is 34.7. The fourth-order valence-corrected chi connectivity index (χ4v) is 13.2. The quantitative estimate of drug-likeness (QED) is 0.136. The van der Waals surface area contributed by atoms with Crippen LogP contribution in [0.15, 0.2) is 24.3 Å². The average molecular weight is 787 g/mol. The number of carboxylic acids is 2. The lowest BCUT2D eigenvalue weighted by molar-refractivity contribution is -0.121. The number of aromatic carboxylic acids is 2. The van der Waals surface area contributed by atoms with Crippen LogP contribution in [0.3, 0.4) is 0 Å². The van der Waals surface area contributed by atoms with E-state index < -0.39 is 29.4 Å². The molecule has 0 aliphatic heterocycles. The van der Waals surface area contributed by atoms with Gasteiger partial charge in [-0.15, -0.1) is 0 Å². The molecule has 0 amide bonds. The van der Waals surface area contributed by atoms with Crippen LogP contribution in [0.25, 0.3) is 0 Å². The Morgan fingerprint density at radius 2 is 1.31 bits per heavy atom. The van der Waals surface area contributed by atoms with Crippen LogP contribution >= 0.6 is 23.2 Å². The highest BCUT2D eigenvalue weighted by Crippen LogP contribution is 2.69. The molecular weight excluding hydrogens is 721 g/mol. The van der Waals surface area contributed by atoms with Gasteiger partial charge >= 0.3 is 11.9 Å². The molecular formula is C45H65Cl2NO6. The molecule has 0 saturated heterocycles. The monoisotopic (exact) mass is 785 g/mol. The lowest BCUT2D eigenvalue weighted by Gasteiger charge is -2.61. The molecule has 0 aromatic heterocycles. The van der Waals surface area contributed by atoms with Gasteiger partial charge in [-0.25, -0.2) is 9.59 Å². The normalized spacial score (nSPS) is 31.0. The average Bonchev–Trinajstić information content (AvgIpc) is 3.46. The number of hydrogen-bond donors (Lipinski definition) is 5. The van der Waals surface area contributed by atoms with Crippen LogP contribution in [-0.2, 0) is 0 Å². The van der Waals surface area contributed by atoms with Crippen LogP contribution in [0.2, 0.25) is 10.0 Å². The maximum absolute atomic E-state index is 12.0. The predicted octanol–water partition coefficient (Wildman–Crippen LogP) is 13.0. The molecule has 4 saturated carbocycles. The highest BCUT2D eigenvalue weighted by molar-refractivity contribution is 6.33. The van der Waals surface area contributed by atoms with Gasteiger partial charge in [0.15, 0.2) is 0 Å². The second kappa shape index (κ2) is 16.9. The predicted molar refractivity (Wildman–Crippen MR) is 217 cm³/mol. The molecule has 9 atom stereocenters. The summed E-state index contributed by atoms with van der Waals surface area (Å²) in [4.78, 5) is 24.0. The van der Waals surface area contributed by atoms with Crippen molar-refractivity contribution < 1.29 is 30.0 Å². The van der Waals surface area contributed by atoms with Crippen molar-refractivity contribution in [1.29, 1.82) is 0 Å². The topological polar surface area (TPSA) is 150 Å². The van der Waals surface area contributed by atoms with Crippen molar-refractivity contribution >= 4 is 35.1 Å². The van der Waals surface area contributed by atoms with Crippen molar-refractivity contribution in [3.8, 4) is 11.5 Å². The lowest BCUT2D eigenvalue weighted by atomic mass is 9.44. The van der Waals surface area contributed by atoms with E-state index in [2.05, 4.69) is 34.6 Å². The van der Waals surface area contributed by atoms with Crippen molar-refractivity contribution in [2.45, 2.75) is 137 Å². The van der Waals surface area contributed by atoms with Gasteiger partial charge in [-0.1, -0.05) is 89.9 Å². The Morgan fingerprint density at radius 3 is 1.89 bits per heavy atom. The van der Waals surface area contributed by atoms with Gasteiger partial charge in [-0.05, 0) is 158 Å². The second-order valence-corrected chi connectivity index (χ2v) is 19.5. The Morgan fingerprint density at radius 1 is 0.741 bits per heavy atom. The number of halogens is 2. The summed E-state index contributed by atoms with van der Waals surface area (Å²) < 4.78 is 0. The van der Waals surface area contributed by atoms with E-state index >= 15 is 0 Å². The van der Waals surface area contributed by atoms with Crippen molar-refractivity contribution in [2.24, 2.45) is 58.2 Å². The molecule has 0 bridgehead atoms. The molecule has 2 aromatic rings. The highest BCUT2D eigenvalue weighted by Gasteiger charge is 2.60. The van der Waals surface area contributed by atoms with E-state index in [9.17, 15) is 30.0 Å². The number of benzene rings is 2. The largest absolute Gasteiger partial charge is 0.505 e. The fourth-order valence-electron chi connectivity index (χ4n) is 12.7. The Kier molecular flexibility index (Phi) is 13.4. The maximum Gasteiger partial charge on any atom is 0.339 e. The summed E-state index contributed by atoms with van der Waals surface area (Å²) >= 11 is 12.7. The van der Waals surface area contributed by atoms with Gasteiger partial charge < -0.3 is 26.6 Å². The van der Waals surface area contributed by atoms with Crippen molar-refractivity contribution in [3.05, 3.63) is 56.6 Å². The maximum atomic E-state index is 12.0. The summed E-state index contributed by atoms with van der Waals surface area (Å²) in [6, 6.07) is 5.92. The van der Waals surface area contributed by atoms with E-state index in [1.54, 1.807) is 12.1 Å². The first-order valence-electron chi connectivity index (χ1n) is 20.6. The van der Waals surface area contributed by atoms with Crippen LogP contribution in [0, 0.1) is 58.2 Å². The molecule has 4 aliphatic carbocycles. The lowest BCUT2D eigenvalue weighted by Crippen LogP contribution is -2.53. The molecule has 0 radical (unpaired) electrons. The van der Waals surface area contributed by atoms with Gasteiger partial charge in [-0.2, -0.15) is 0 Å². The minimum absolute atomic E-state index is 0. The molecule has 300 valence electrons. The smallest absolute Gasteiger partial charge is 0.339 e. The number of aromatic hydroxyl groups is 2. The number of carbonyl (C=O) groups is 2. The molecule has 4 aliphatic rings. The first-order chi connectivity index (χ1) is 25.0. The number of phenols is 2. The second-order valence-electron chi connectivity index (χ2n) is 18.7. The van der Waals surface area contributed by atoms with Crippen molar-refractivity contribution in [1.82, 2.24) is 6.15 Å². The molecule has 0 spiro atoms. The fraction of sp³-hybridized carbons (Fsp3) is 0.689. The number of carboxylic acid groups (broad SMARTS) is 2. The highest BCUT2D eigenvalue weighted by atomic mass is 35.5. The summed E-state index contributed by atoms with van der Waals surface area (Å²) in [5, 5.41) is 40.1. The summed E-state index contributed by atoms with van der Waals surface area (Å²) in [7, 11) is 0. The standard InChI is InChI=1S/C45H62Cl2O6.H3N/c1-25(2)8-6-9-26(3)35-14-15-36-32-13-12-30-20-27(16-18-44(30,4)37(32)17-19-45(35,36)5)10-7-11-31(28-21-33(42(50)51)40(48)38(46)23-28)29-22-34(43(52)53)41(49)39(47)24-29;/h21-27,30-32,35-37,48-49H,6-20H2,1-5H3,(H,50,51)(H,52,53);1H3/t26?,27-,30?,32-,35?,36?,37?,44-,45+;/m0./s1. The summed E-state index contributed by atoms with van der Waals surface area (Å²) in [6.07, 6.45) is 18.8. The Hall–Kier alpha value is -2.48. The zero-order valence-electron chi connectivity index (χ0n) is 33.2. The number of rotatable bonds is 13. The summed E-state index contributed by atoms with van der Waals surface area (Å²) in [5.74, 6) is 2.42. The van der Waals surface area contributed by atoms with E-state index in [0.717, 1.165) is 54.3 Å². The van der Waals surface area contributed by atoms with Gasteiger partial charge in [0, 0.05) is 5.92 Å². The van der Waals surface area contributed by atoms with E-state index in [-0.39, 0.29) is 27.3 Å². The van der Waals surface area contributed by atoms with Gasteiger partial charge in [0.25, 0.3) is 0 Å². The third kappa shape index (κ3) is 8.16. The van der Waals surface area contributed by atoms with Crippen LogP contribution in [-0.4, -0.2) is 32.4 Å². The minimum Gasteiger partial charge on any atom is -0.505 e. The molecule has 0 heterocycles. The first kappa shape index (κ1) is 42.7. The van der Waals surface area contributed by atoms with Gasteiger partial charge in [-0.3, -0.25) is 0 Å². The molecule has 4 fully saturated rings. The summed E-state index contributed by atoms with van der Waals surface area (Å²) in [5.41, 5.74) is 1.42. The van der Waals surface area contributed by atoms with Crippen LogP contribution in [0.1, 0.15) is 169 Å². The summed E-state index contributed by atoms with van der Waals surface area (Å²) in [6.45, 7) is 12.6. The molecule has 54 heavy (non-hydrogen) atoms. The molecule has 7 nitrogen and oxygen atoms in total. The third-order valence-corrected chi connectivity index (χ3v) is 16.1. The molecule has 7 N–H and O–H groups in total. The molecule has 9 heteroatoms.